The van der Waals surface area contributed by atoms with Gasteiger partial charge in [-0.25, -0.2) is 14.0 Å². The zero-order valence-electron chi connectivity index (χ0n) is 19.0. The topological polar surface area (TPSA) is 83.8 Å². The van der Waals surface area contributed by atoms with Crippen LogP contribution in [0.2, 0.25) is 0 Å². The number of aromatic nitrogens is 1. The van der Waals surface area contributed by atoms with Gasteiger partial charge < -0.3 is 14.2 Å². The van der Waals surface area contributed by atoms with Crippen LogP contribution in [0.4, 0.5) is 9.18 Å². The highest BCUT2D eigenvalue weighted by atomic mass is 19.1. The van der Waals surface area contributed by atoms with Gasteiger partial charge in [0, 0.05) is 18.3 Å². The minimum atomic E-state index is -0.754. The molecule has 3 rings (SSSR count). The lowest BCUT2D eigenvalue weighted by molar-refractivity contribution is 0.0522. The van der Waals surface area contributed by atoms with E-state index in [1.165, 1.54) is 30.0 Å². The van der Waals surface area contributed by atoms with Gasteiger partial charge in [0.15, 0.2) is 17.3 Å². The van der Waals surface area contributed by atoms with Crippen LogP contribution in [0.25, 0.3) is 0 Å². The molecule has 0 radical (unpaired) electrons. The first kappa shape index (κ1) is 23.5. The number of fused-ring (bicyclic) bond motifs is 1. The molecule has 7 nitrogen and oxygen atoms in total. The lowest BCUT2D eigenvalue weighted by Crippen LogP contribution is -2.27. The summed E-state index contributed by atoms with van der Waals surface area (Å²) in [6, 6.07) is 4.61. The molecule has 1 unspecified atom stereocenters. The zero-order chi connectivity index (χ0) is 23.6. The van der Waals surface area contributed by atoms with E-state index in [1.807, 2.05) is 0 Å². The molecule has 1 aromatic carbocycles. The second-order valence-electron chi connectivity index (χ2n) is 8.69. The summed E-state index contributed by atoms with van der Waals surface area (Å²) in [6.45, 7) is 7.00. The van der Waals surface area contributed by atoms with Crippen LogP contribution in [-0.2, 0) is 15.9 Å². The Labute approximate surface area is 186 Å². The molecule has 0 saturated heterocycles. The molecule has 1 atom stereocenters. The second kappa shape index (κ2) is 9.14. The molecule has 32 heavy (non-hydrogen) atoms. The van der Waals surface area contributed by atoms with Gasteiger partial charge >= 0.3 is 12.1 Å². The van der Waals surface area contributed by atoms with E-state index >= 15 is 0 Å². The average Bonchev–Trinajstić information content (AvgIpc) is 3.01. The Hall–Kier alpha value is -3.16. The van der Waals surface area contributed by atoms with Crippen molar-refractivity contribution in [2.45, 2.75) is 58.5 Å². The fourth-order valence-electron chi connectivity index (χ4n) is 3.90. The number of benzene rings is 1. The van der Waals surface area contributed by atoms with Gasteiger partial charge in [-0.1, -0.05) is 6.07 Å². The van der Waals surface area contributed by atoms with Gasteiger partial charge in [-0.15, -0.1) is 0 Å². The van der Waals surface area contributed by atoms with Crippen molar-refractivity contribution in [3.05, 3.63) is 52.6 Å². The summed E-state index contributed by atoms with van der Waals surface area (Å²) in [5.74, 6) is -1.64. The quantitative estimate of drug-likeness (QED) is 0.492. The van der Waals surface area contributed by atoms with Gasteiger partial charge in [-0.05, 0) is 64.2 Å². The number of Topliss-reactive ketones (excluding diaryl/α,β-unsaturated/α-hetero) is 1. The van der Waals surface area contributed by atoms with Crippen molar-refractivity contribution in [2.24, 2.45) is 0 Å². The van der Waals surface area contributed by atoms with Crippen molar-refractivity contribution < 1.29 is 33.0 Å². The number of hydrogen-bond donors (Lipinski definition) is 0. The molecule has 1 heterocycles. The number of rotatable bonds is 4. The predicted molar refractivity (Wildman–Crippen MR) is 115 cm³/mol. The van der Waals surface area contributed by atoms with Gasteiger partial charge in [0.05, 0.1) is 24.8 Å². The molecule has 0 aliphatic heterocycles. The van der Waals surface area contributed by atoms with Gasteiger partial charge in [-0.2, -0.15) is 0 Å². The molecule has 0 spiro atoms. The molecule has 8 heteroatoms. The van der Waals surface area contributed by atoms with Crippen LogP contribution >= 0.6 is 0 Å². The van der Waals surface area contributed by atoms with Gasteiger partial charge in [0.2, 0.25) is 0 Å². The molecule has 0 saturated carbocycles. The zero-order valence-corrected chi connectivity index (χ0v) is 19.0. The molecule has 0 bridgehead atoms. The third kappa shape index (κ3) is 4.84. The molecule has 1 aromatic heterocycles. The summed E-state index contributed by atoms with van der Waals surface area (Å²) in [4.78, 5) is 38.6. The van der Waals surface area contributed by atoms with Crippen LogP contribution in [0.1, 0.15) is 78.4 Å². The number of carbonyl (C=O) groups excluding carboxylic acids is 3. The molecular weight excluding hydrogens is 417 g/mol. The van der Waals surface area contributed by atoms with E-state index in [-0.39, 0.29) is 41.6 Å². The Morgan fingerprint density at radius 1 is 1.25 bits per heavy atom. The van der Waals surface area contributed by atoms with E-state index in [4.69, 9.17) is 14.2 Å². The summed E-state index contributed by atoms with van der Waals surface area (Å²) < 4.78 is 31.0. The van der Waals surface area contributed by atoms with Gasteiger partial charge in [0.25, 0.3) is 0 Å². The Balaban J connectivity index is 2.02. The number of ether oxygens (including phenoxy) is 3. The maximum atomic E-state index is 14.3. The Kier molecular flexibility index (Phi) is 6.71. The van der Waals surface area contributed by atoms with E-state index < -0.39 is 23.5 Å². The third-order valence-corrected chi connectivity index (χ3v) is 5.28. The number of hydrogen-bond acceptors (Lipinski definition) is 6. The first-order valence-corrected chi connectivity index (χ1v) is 10.6. The maximum Gasteiger partial charge on any atom is 0.418 e. The van der Waals surface area contributed by atoms with Crippen molar-refractivity contribution in [2.75, 3.05) is 13.7 Å². The standard InChI is InChI=1S/C24H28FNO6/c1-6-31-22(28)16-13-26(23(29)32-24(2,3)4)18-9-7-15(12-19(27)21(16)18)14-8-10-20(30-5)17(25)11-14/h8,10-11,13,15H,6-7,9,12H2,1-5H3. The maximum absolute atomic E-state index is 14.3. The molecule has 1 aliphatic carbocycles. The van der Waals surface area contributed by atoms with Crippen molar-refractivity contribution in [3.63, 3.8) is 0 Å². The highest BCUT2D eigenvalue weighted by molar-refractivity contribution is 6.08. The van der Waals surface area contributed by atoms with Gasteiger partial charge in [0.1, 0.15) is 5.60 Å². The van der Waals surface area contributed by atoms with Gasteiger partial charge in [-0.3, -0.25) is 9.36 Å². The summed E-state index contributed by atoms with van der Waals surface area (Å²) >= 11 is 0. The minimum Gasteiger partial charge on any atom is -0.494 e. The summed E-state index contributed by atoms with van der Waals surface area (Å²) in [5, 5.41) is 0. The Morgan fingerprint density at radius 3 is 2.56 bits per heavy atom. The highest BCUT2D eigenvalue weighted by Gasteiger charge is 2.34. The lowest BCUT2D eigenvalue weighted by Gasteiger charge is -2.20. The highest BCUT2D eigenvalue weighted by Crippen LogP contribution is 2.36. The SMILES string of the molecule is CCOC(=O)c1cn(C(=O)OC(C)(C)C)c2c1C(=O)CC(c1ccc(OC)c(F)c1)CC2. The average molecular weight is 445 g/mol. The van der Waals surface area contributed by atoms with Crippen LogP contribution in [0.3, 0.4) is 0 Å². The Bertz CT molecular complexity index is 1050. The van der Waals surface area contributed by atoms with Crippen LogP contribution < -0.4 is 4.74 Å². The van der Waals surface area contributed by atoms with Crippen molar-refractivity contribution >= 4 is 17.8 Å². The summed E-state index contributed by atoms with van der Waals surface area (Å²) in [7, 11) is 1.39. The van der Waals surface area contributed by atoms with E-state index in [0.29, 0.717) is 24.1 Å². The van der Waals surface area contributed by atoms with Crippen molar-refractivity contribution in [3.8, 4) is 5.75 Å². The fourth-order valence-corrected chi connectivity index (χ4v) is 3.90. The first-order chi connectivity index (χ1) is 15.1. The third-order valence-electron chi connectivity index (χ3n) is 5.28. The molecule has 0 N–H and O–H groups in total. The van der Waals surface area contributed by atoms with Crippen molar-refractivity contribution in [1.29, 1.82) is 0 Å². The number of esters is 1. The second-order valence-corrected chi connectivity index (χ2v) is 8.69. The lowest BCUT2D eigenvalue weighted by atomic mass is 9.90. The van der Waals surface area contributed by atoms with Crippen LogP contribution in [0.15, 0.2) is 24.4 Å². The molecule has 2 aromatic rings. The number of carbonyl (C=O) groups is 3. The van der Waals surface area contributed by atoms with Crippen LogP contribution in [0, 0.1) is 5.82 Å². The molecule has 0 amide bonds. The number of methoxy groups -OCH3 is 1. The number of nitrogens with zero attached hydrogens (tertiary/aromatic N) is 1. The molecular formula is C24H28FNO6. The van der Waals surface area contributed by atoms with E-state index in [1.54, 1.807) is 33.8 Å². The van der Waals surface area contributed by atoms with E-state index in [0.717, 1.165) is 0 Å². The first-order valence-electron chi connectivity index (χ1n) is 10.6. The fraction of sp³-hybridized carbons (Fsp3) is 0.458. The number of halogens is 1. The van der Waals surface area contributed by atoms with Crippen LogP contribution in [-0.4, -0.2) is 41.7 Å². The van der Waals surface area contributed by atoms with E-state index in [9.17, 15) is 18.8 Å². The molecule has 0 fully saturated rings. The largest absolute Gasteiger partial charge is 0.494 e. The molecule has 1 aliphatic rings. The Morgan fingerprint density at radius 2 is 1.97 bits per heavy atom. The summed E-state index contributed by atoms with van der Waals surface area (Å²) in [6.07, 6.45) is 1.54. The predicted octanol–water partition coefficient (Wildman–Crippen LogP) is 4.90. The summed E-state index contributed by atoms with van der Waals surface area (Å²) in [5.41, 5.74) is 0.521. The van der Waals surface area contributed by atoms with E-state index in [2.05, 4.69) is 0 Å². The number of ketones is 1. The van der Waals surface area contributed by atoms with Crippen LogP contribution in [0.5, 0.6) is 5.75 Å². The normalized spacial score (nSPS) is 16.2. The van der Waals surface area contributed by atoms with Crippen molar-refractivity contribution in [1.82, 2.24) is 4.57 Å². The minimum absolute atomic E-state index is 0.0410. The smallest absolute Gasteiger partial charge is 0.418 e. The molecule has 172 valence electrons. The monoisotopic (exact) mass is 445 g/mol.